The van der Waals surface area contributed by atoms with E-state index in [-0.39, 0.29) is 11.5 Å². The van der Waals surface area contributed by atoms with E-state index in [4.69, 9.17) is 9.15 Å². The van der Waals surface area contributed by atoms with Crippen molar-refractivity contribution in [1.82, 2.24) is 10.2 Å². The number of hydrogen-bond donors (Lipinski definition) is 0. The van der Waals surface area contributed by atoms with Crippen LogP contribution in [0.5, 0.6) is 5.75 Å². The lowest BCUT2D eigenvalue weighted by molar-refractivity contribution is 0.440. The molecule has 0 aliphatic carbocycles. The molecule has 1 aromatic heterocycles. The second-order valence-electron chi connectivity index (χ2n) is 6.29. The minimum Gasteiger partial charge on any atom is -0.439 e. The summed E-state index contributed by atoms with van der Waals surface area (Å²) in [5.74, 6) is 1.99. The summed E-state index contributed by atoms with van der Waals surface area (Å²) in [5.41, 5.74) is 3.23. The Bertz CT molecular complexity index is 1100. The summed E-state index contributed by atoms with van der Waals surface area (Å²) < 4.78 is 11.6. The summed E-state index contributed by atoms with van der Waals surface area (Å²) in [6.07, 6.45) is 3.38. The van der Waals surface area contributed by atoms with Gasteiger partial charge in [0.25, 0.3) is 5.89 Å². The molecule has 6 heteroatoms. The second-order valence-corrected chi connectivity index (χ2v) is 6.29. The van der Waals surface area contributed by atoms with Crippen LogP contribution in [-0.2, 0) is 0 Å². The standard InChI is InChI=1S/C22H18N4O2/c1-3-26-18-6-4-5-7-19(18)27-20(26)13-12-17(14-23)22-25-24-21(28-22)16-10-8-15(2)9-11-16/h4-13H,3H2,1-2H3/b17-12+,20-13-. The molecular formula is C22H18N4O2. The van der Waals surface area contributed by atoms with E-state index >= 15 is 0 Å². The number of anilines is 1. The highest BCUT2D eigenvalue weighted by molar-refractivity contribution is 5.74. The Morgan fingerprint density at radius 2 is 1.93 bits per heavy atom. The van der Waals surface area contributed by atoms with E-state index in [0.717, 1.165) is 29.1 Å². The normalized spacial score (nSPS) is 14.7. The van der Waals surface area contributed by atoms with E-state index in [1.54, 1.807) is 12.2 Å². The Kier molecular flexibility index (Phi) is 4.65. The molecule has 4 rings (SSSR count). The van der Waals surface area contributed by atoms with Crippen LogP contribution in [0.25, 0.3) is 17.0 Å². The third-order valence-electron chi connectivity index (χ3n) is 4.42. The van der Waals surface area contributed by atoms with Crippen molar-refractivity contribution < 1.29 is 9.15 Å². The summed E-state index contributed by atoms with van der Waals surface area (Å²) in [4.78, 5) is 2.03. The summed E-state index contributed by atoms with van der Waals surface area (Å²) in [6.45, 7) is 4.80. The van der Waals surface area contributed by atoms with Crippen molar-refractivity contribution in [3.63, 3.8) is 0 Å². The molecule has 0 spiro atoms. The minimum atomic E-state index is 0.175. The van der Waals surface area contributed by atoms with Gasteiger partial charge in [0.05, 0.1) is 5.69 Å². The Balaban J connectivity index is 1.62. The third-order valence-corrected chi connectivity index (χ3v) is 4.42. The molecule has 0 saturated carbocycles. The molecule has 0 N–H and O–H groups in total. The van der Waals surface area contributed by atoms with Crippen molar-refractivity contribution in [2.45, 2.75) is 13.8 Å². The molecule has 0 bridgehead atoms. The molecule has 0 unspecified atom stereocenters. The summed E-state index contributed by atoms with van der Waals surface area (Å²) in [6, 6.07) is 17.7. The number of hydrogen-bond acceptors (Lipinski definition) is 6. The van der Waals surface area contributed by atoms with E-state index < -0.39 is 0 Å². The number of ether oxygens (including phenoxy) is 1. The maximum atomic E-state index is 9.54. The second kappa shape index (κ2) is 7.41. The van der Waals surface area contributed by atoms with Crippen LogP contribution >= 0.6 is 0 Å². The Labute approximate surface area is 163 Å². The molecule has 6 nitrogen and oxygen atoms in total. The highest BCUT2D eigenvalue weighted by atomic mass is 16.5. The van der Waals surface area contributed by atoms with Crippen LogP contribution in [0.15, 0.2) is 71.0 Å². The van der Waals surface area contributed by atoms with Crippen molar-refractivity contribution >= 4 is 11.3 Å². The smallest absolute Gasteiger partial charge is 0.258 e. The SMILES string of the molecule is CCN1/C(=C/C=C(\C#N)c2nnc(-c3ccc(C)cc3)o2)Oc2ccccc21. The van der Waals surface area contributed by atoms with E-state index in [9.17, 15) is 5.26 Å². The molecule has 0 fully saturated rings. The van der Waals surface area contributed by atoms with E-state index in [1.165, 1.54) is 0 Å². The number of nitrogens with zero attached hydrogens (tertiary/aromatic N) is 4. The highest BCUT2D eigenvalue weighted by Crippen LogP contribution is 2.38. The van der Waals surface area contributed by atoms with Gasteiger partial charge in [0.1, 0.15) is 11.6 Å². The van der Waals surface area contributed by atoms with Gasteiger partial charge in [0, 0.05) is 18.2 Å². The van der Waals surface area contributed by atoms with Crippen molar-refractivity contribution in [1.29, 1.82) is 5.26 Å². The predicted molar refractivity (Wildman–Crippen MR) is 106 cm³/mol. The zero-order chi connectivity index (χ0) is 19.5. The van der Waals surface area contributed by atoms with Crippen LogP contribution in [0.2, 0.25) is 0 Å². The molecule has 2 heterocycles. The maximum absolute atomic E-state index is 9.54. The van der Waals surface area contributed by atoms with Crippen LogP contribution in [0.3, 0.4) is 0 Å². The lowest BCUT2D eigenvalue weighted by Gasteiger charge is -2.14. The van der Waals surface area contributed by atoms with Gasteiger partial charge < -0.3 is 14.1 Å². The number of fused-ring (bicyclic) bond motifs is 1. The molecule has 0 amide bonds. The molecular weight excluding hydrogens is 352 g/mol. The Morgan fingerprint density at radius 1 is 1.14 bits per heavy atom. The molecule has 3 aromatic rings. The average molecular weight is 370 g/mol. The zero-order valence-electron chi connectivity index (χ0n) is 15.6. The van der Waals surface area contributed by atoms with Gasteiger partial charge in [-0.2, -0.15) is 5.26 Å². The average Bonchev–Trinajstić information content (AvgIpc) is 3.34. The van der Waals surface area contributed by atoms with Gasteiger partial charge in [0.15, 0.2) is 5.75 Å². The monoisotopic (exact) mass is 370 g/mol. The van der Waals surface area contributed by atoms with Gasteiger partial charge in [-0.25, -0.2) is 0 Å². The topological polar surface area (TPSA) is 75.2 Å². The first kappa shape index (κ1) is 17.6. The number of para-hydroxylation sites is 2. The molecule has 2 aromatic carbocycles. The van der Waals surface area contributed by atoms with Gasteiger partial charge in [-0.15, -0.1) is 10.2 Å². The number of allylic oxidation sites excluding steroid dienone is 3. The van der Waals surface area contributed by atoms with Crippen molar-refractivity contribution in [2.75, 3.05) is 11.4 Å². The molecule has 0 radical (unpaired) electrons. The molecule has 138 valence electrons. The number of rotatable bonds is 4. The Hall–Kier alpha value is -3.85. The quantitative estimate of drug-likeness (QED) is 0.619. The van der Waals surface area contributed by atoms with Gasteiger partial charge in [-0.3, -0.25) is 0 Å². The first-order chi connectivity index (χ1) is 13.7. The molecule has 1 aliphatic heterocycles. The number of nitriles is 1. The lowest BCUT2D eigenvalue weighted by Crippen LogP contribution is -2.19. The van der Waals surface area contributed by atoms with E-state index in [1.807, 2.05) is 67.3 Å². The lowest BCUT2D eigenvalue weighted by atomic mass is 10.1. The van der Waals surface area contributed by atoms with Gasteiger partial charge in [0.2, 0.25) is 11.8 Å². The van der Waals surface area contributed by atoms with Crippen LogP contribution in [-0.4, -0.2) is 16.7 Å². The first-order valence-corrected chi connectivity index (χ1v) is 8.97. The predicted octanol–water partition coefficient (Wildman–Crippen LogP) is 4.71. The molecule has 28 heavy (non-hydrogen) atoms. The molecule has 0 saturated heterocycles. The van der Waals surface area contributed by atoms with E-state index in [2.05, 4.69) is 16.3 Å². The zero-order valence-corrected chi connectivity index (χ0v) is 15.6. The fourth-order valence-electron chi connectivity index (χ4n) is 2.96. The van der Waals surface area contributed by atoms with Crippen LogP contribution in [0, 0.1) is 18.3 Å². The van der Waals surface area contributed by atoms with Crippen molar-refractivity contribution in [2.24, 2.45) is 0 Å². The fourth-order valence-corrected chi connectivity index (χ4v) is 2.96. The van der Waals surface area contributed by atoms with Gasteiger partial charge in [-0.05, 0) is 44.2 Å². The minimum absolute atomic E-state index is 0.175. The number of benzene rings is 2. The highest BCUT2D eigenvalue weighted by Gasteiger charge is 2.24. The largest absolute Gasteiger partial charge is 0.439 e. The van der Waals surface area contributed by atoms with Gasteiger partial charge in [-0.1, -0.05) is 29.8 Å². The fraction of sp³-hybridized carbons (Fsp3) is 0.136. The summed E-state index contributed by atoms with van der Waals surface area (Å²) in [7, 11) is 0. The summed E-state index contributed by atoms with van der Waals surface area (Å²) in [5, 5.41) is 17.6. The van der Waals surface area contributed by atoms with Crippen LogP contribution < -0.4 is 9.64 Å². The Morgan fingerprint density at radius 3 is 2.68 bits per heavy atom. The summed E-state index contributed by atoms with van der Waals surface area (Å²) >= 11 is 0. The van der Waals surface area contributed by atoms with Gasteiger partial charge >= 0.3 is 0 Å². The van der Waals surface area contributed by atoms with Crippen LogP contribution in [0.4, 0.5) is 5.69 Å². The number of aryl methyl sites for hydroxylation is 1. The maximum Gasteiger partial charge on any atom is 0.258 e. The molecule has 1 aliphatic rings. The van der Waals surface area contributed by atoms with E-state index in [0.29, 0.717) is 11.8 Å². The number of aromatic nitrogens is 2. The molecule has 0 atom stereocenters. The first-order valence-electron chi connectivity index (χ1n) is 8.97. The van der Waals surface area contributed by atoms with Crippen molar-refractivity contribution in [3.8, 4) is 23.3 Å². The van der Waals surface area contributed by atoms with Crippen molar-refractivity contribution in [3.05, 3.63) is 78.0 Å². The van der Waals surface area contributed by atoms with Crippen LogP contribution in [0.1, 0.15) is 18.4 Å². The third kappa shape index (κ3) is 3.26.